The van der Waals surface area contributed by atoms with Gasteiger partial charge in [0.15, 0.2) is 0 Å². The molecule has 58 valence electrons. The molecule has 0 spiro atoms. The van der Waals surface area contributed by atoms with Crippen LogP contribution >= 0.6 is 0 Å². The zero-order valence-electron chi connectivity index (χ0n) is 4.07. The molecule has 0 unspecified atom stereocenters. The van der Waals surface area contributed by atoms with E-state index in [0.29, 0.717) is 0 Å². The number of halogens is 4. The first kappa shape index (κ1) is 48.1. The van der Waals surface area contributed by atoms with Crippen molar-refractivity contribution in [2.75, 3.05) is 0 Å². The number of hydrogen-bond donors (Lipinski definition) is 2. The van der Waals surface area contributed by atoms with Gasteiger partial charge in [-0.15, -0.1) is 0 Å². The molecule has 0 aromatic carbocycles. The molecule has 0 aliphatic heterocycles. The SMILES string of the molecule is NC(N)=O.[Cl-].[Cl-].[Cl-].[Cl-].[Zr+2]. The number of carbonyl (C=O) groups is 1. The van der Waals surface area contributed by atoms with E-state index in [0.717, 1.165) is 0 Å². The third kappa shape index (κ3) is 289. The van der Waals surface area contributed by atoms with Crippen molar-refractivity contribution in [2.45, 2.75) is 0 Å². The van der Waals surface area contributed by atoms with Crippen LogP contribution in [0, 0.1) is 0 Å². The molecule has 0 atom stereocenters. The molecule has 0 aromatic rings. The van der Waals surface area contributed by atoms with Gasteiger partial charge in [-0.1, -0.05) is 0 Å². The molecule has 0 aliphatic rings. The van der Waals surface area contributed by atoms with Crippen molar-refractivity contribution in [3.8, 4) is 0 Å². The van der Waals surface area contributed by atoms with Crippen LogP contribution in [0.15, 0.2) is 0 Å². The van der Waals surface area contributed by atoms with Gasteiger partial charge in [-0.3, -0.25) is 0 Å². The average molecular weight is 293 g/mol. The van der Waals surface area contributed by atoms with Crippen LogP contribution in [0.3, 0.4) is 0 Å². The molecule has 8 heteroatoms. The van der Waals surface area contributed by atoms with Crippen molar-refractivity contribution < 1.29 is 80.6 Å². The first-order valence-corrected chi connectivity index (χ1v) is 0.781. The Kier molecular flexibility index (Phi) is 185. The van der Waals surface area contributed by atoms with E-state index in [-0.39, 0.29) is 75.8 Å². The molecule has 0 bridgehead atoms. The van der Waals surface area contributed by atoms with E-state index in [9.17, 15) is 0 Å². The summed E-state index contributed by atoms with van der Waals surface area (Å²) < 4.78 is 0. The smallest absolute Gasteiger partial charge is 1.00 e. The molecule has 9 heavy (non-hydrogen) atoms. The van der Waals surface area contributed by atoms with Gasteiger partial charge in [0.25, 0.3) is 0 Å². The summed E-state index contributed by atoms with van der Waals surface area (Å²) in [6, 6.07) is -0.833. The van der Waals surface area contributed by atoms with Crippen LogP contribution in [-0.2, 0) is 26.2 Å². The zero-order valence-corrected chi connectivity index (χ0v) is 9.56. The second-order valence-corrected chi connectivity index (χ2v) is 0.402. The molecular weight excluding hydrogens is 289 g/mol. The Labute approximate surface area is 97.4 Å². The molecule has 4 N–H and O–H groups in total. The Balaban J connectivity index is -0.00000000450. The Morgan fingerprint density at radius 1 is 0.889 bits per heavy atom. The first-order chi connectivity index (χ1) is 1.73. The minimum Gasteiger partial charge on any atom is -1.00 e. The van der Waals surface area contributed by atoms with Gasteiger partial charge in [0.05, 0.1) is 0 Å². The van der Waals surface area contributed by atoms with Gasteiger partial charge >= 0.3 is 32.2 Å². The van der Waals surface area contributed by atoms with E-state index in [1.54, 1.807) is 0 Å². The topological polar surface area (TPSA) is 69.1 Å². The molecule has 3 nitrogen and oxygen atoms in total. The van der Waals surface area contributed by atoms with Crippen LogP contribution in [0.25, 0.3) is 0 Å². The fourth-order valence-corrected chi connectivity index (χ4v) is 0. The van der Waals surface area contributed by atoms with Gasteiger partial charge in [0.1, 0.15) is 0 Å². The van der Waals surface area contributed by atoms with Crippen molar-refractivity contribution in [2.24, 2.45) is 11.5 Å². The molecular formula is CH4Cl4N2OZr-2. The molecule has 0 rings (SSSR count). The number of hydrogen-bond acceptors (Lipinski definition) is 1. The summed E-state index contributed by atoms with van der Waals surface area (Å²) in [6.45, 7) is 0. The summed E-state index contributed by atoms with van der Waals surface area (Å²) in [5.41, 5.74) is 8.50. The standard InChI is InChI=1S/CH4N2O.4ClH.Zr/c2-1(3)4;;;;;/h(H4,2,3,4);4*1H;/q;;;;;+2/p-4. The van der Waals surface area contributed by atoms with Crippen molar-refractivity contribution in [3.63, 3.8) is 0 Å². The maximum atomic E-state index is 9.00. The van der Waals surface area contributed by atoms with Crippen molar-refractivity contribution in [1.29, 1.82) is 0 Å². The maximum Gasteiger partial charge on any atom is 2.00 e. The second kappa shape index (κ2) is 34.6. The molecule has 0 radical (unpaired) electrons. The Morgan fingerprint density at radius 2 is 0.889 bits per heavy atom. The second-order valence-electron chi connectivity index (χ2n) is 0.402. The average Bonchev–Trinajstić information content (AvgIpc) is 0.811. The van der Waals surface area contributed by atoms with Gasteiger partial charge in [-0.2, -0.15) is 0 Å². The van der Waals surface area contributed by atoms with E-state index >= 15 is 0 Å². The van der Waals surface area contributed by atoms with Crippen molar-refractivity contribution in [1.82, 2.24) is 0 Å². The molecule has 2 amide bonds. The number of primary amides is 2. The van der Waals surface area contributed by atoms with Crippen LogP contribution in [-0.4, -0.2) is 6.03 Å². The largest absolute Gasteiger partial charge is 2.00 e. The van der Waals surface area contributed by atoms with E-state index in [2.05, 4.69) is 11.5 Å². The van der Waals surface area contributed by atoms with Crippen LogP contribution in [0.5, 0.6) is 0 Å². The van der Waals surface area contributed by atoms with Gasteiger partial charge in [-0.25, -0.2) is 4.79 Å². The van der Waals surface area contributed by atoms with Crippen molar-refractivity contribution in [3.05, 3.63) is 0 Å². The summed E-state index contributed by atoms with van der Waals surface area (Å²) in [4.78, 5) is 9.00. The first-order valence-electron chi connectivity index (χ1n) is 0.781. The number of urea groups is 1. The Morgan fingerprint density at radius 3 is 0.889 bits per heavy atom. The normalized spacial score (nSPS) is 2.67. The number of rotatable bonds is 0. The molecule has 0 aromatic heterocycles. The van der Waals surface area contributed by atoms with E-state index in [1.165, 1.54) is 0 Å². The van der Waals surface area contributed by atoms with E-state index in [4.69, 9.17) is 4.79 Å². The van der Waals surface area contributed by atoms with Gasteiger partial charge in [0, 0.05) is 0 Å². The van der Waals surface area contributed by atoms with Crippen molar-refractivity contribution >= 4 is 6.03 Å². The molecule has 0 fully saturated rings. The van der Waals surface area contributed by atoms with Crippen LogP contribution in [0.1, 0.15) is 0 Å². The van der Waals surface area contributed by atoms with Gasteiger partial charge < -0.3 is 61.1 Å². The van der Waals surface area contributed by atoms with Crippen LogP contribution in [0.4, 0.5) is 4.79 Å². The predicted octanol–water partition coefficient (Wildman–Crippen LogP) is -13.0. The minimum atomic E-state index is -0.833. The summed E-state index contributed by atoms with van der Waals surface area (Å²) in [5.74, 6) is 0. The molecule has 0 heterocycles. The third-order valence-electron chi connectivity index (χ3n) is 0. The summed E-state index contributed by atoms with van der Waals surface area (Å²) in [7, 11) is 0. The number of amides is 2. The van der Waals surface area contributed by atoms with E-state index < -0.39 is 6.03 Å². The molecule has 0 saturated heterocycles. The maximum absolute atomic E-state index is 9.00. The molecule has 0 aliphatic carbocycles. The Hall–Kier alpha value is 1.31. The predicted molar refractivity (Wildman–Crippen MR) is 13.8 cm³/mol. The van der Waals surface area contributed by atoms with E-state index in [1.807, 2.05) is 0 Å². The summed E-state index contributed by atoms with van der Waals surface area (Å²) >= 11 is 0. The van der Waals surface area contributed by atoms with Gasteiger partial charge in [0.2, 0.25) is 0 Å². The Bertz CT molecular complexity index is 41.5. The quantitative estimate of drug-likeness (QED) is 0.457. The fraction of sp³-hybridized carbons (Fsp3) is 0. The minimum absolute atomic E-state index is 0. The van der Waals surface area contributed by atoms with Crippen LogP contribution in [0.2, 0.25) is 0 Å². The monoisotopic (exact) mass is 290 g/mol. The summed E-state index contributed by atoms with van der Waals surface area (Å²) in [6.07, 6.45) is 0. The summed E-state index contributed by atoms with van der Waals surface area (Å²) in [5, 5.41) is 0. The van der Waals surface area contributed by atoms with Gasteiger partial charge in [-0.05, 0) is 0 Å². The number of nitrogens with two attached hydrogens (primary N) is 2. The molecule has 0 saturated carbocycles. The third-order valence-corrected chi connectivity index (χ3v) is 0. The number of carbonyl (C=O) groups excluding carboxylic acids is 1. The zero-order chi connectivity index (χ0) is 3.58. The fourth-order valence-electron chi connectivity index (χ4n) is 0. The van der Waals surface area contributed by atoms with Crippen LogP contribution < -0.4 is 61.1 Å².